The van der Waals surface area contributed by atoms with Crippen molar-refractivity contribution in [1.29, 1.82) is 0 Å². The van der Waals surface area contributed by atoms with Gasteiger partial charge in [-0.2, -0.15) is 0 Å². The van der Waals surface area contributed by atoms with Crippen LogP contribution in [0.3, 0.4) is 0 Å². The van der Waals surface area contributed by atoms with Crippen LogP contribution in [-0.2, 0) is 6.42 Å². The fourth-order valence-electron chi connectivity index (χ4n) is 1.85. The molecule has 0 heterocycles. The molecule has 0 aromatic heterocycles. The van der Waals surface area contributed by atoms with Crippen LogP contribution in [0.1, 0.15) is 15.9 Å². The summed E-state index contributed by atoms with van der Waals surface area (Å²) in [4.78, 5) is 11.1. The molecule has 0 spiro atoms. The zero-order valence-corrected chi connectivity index (χ0v) is 10.6. The van der Waals surface area contributed by atoms with Gasteiger partial charge >= 0.3 is 0 Å². The van der Waals surface area contributed by atoms with Gasteiger partial charge in [-0.25, -0.2) is 0 Å². The molecule has 0 aliphatic carbocycles. The molecule has 98 valence electrons. The molecular formula is C15H17N3O. The van der Waals surface area contributed by atoms with Crippen molar-refractivity contribution in [2.24, 2.45) is 5.73 Å². The van der Waals surface area contributed by atoms with E-state index in [9.17, 15) is 4.79 Å². The number of benzene rings is 2. The Balaban J connectivity index is 1.99. The van der Waals surface area contributed by atoms with E-state index in [-0.39, 0.29) is 0 Å². The van der Waals surface area contributed by atoms with Gasteiger partial charge < -0.3 is 16.8 Å². The first-order valence-corrected chi connectivity index (χ1v) is 6.14. The van der Waals surface area contributed by atoms with E-state index in [0.29, 0.717) is 11.3 Å². The van der Waals surface area contributed by atoms with Gasteiger partial charge in [-0.05, 0) is 30.2 Å². The van der Waals surface area contributed by atoms with Gasteiger partial charge in [-0.15, -0.1) is 0 Å². The Morgan fingerprint density at radius 3 is 2.53 bits per heavy atom. The van der Waals surface area contributed by atoms with Gasteiger partial charge in [0.25, 0.3) is 0 Å². The fraction of sp³-hybridized carbons (Fsp3) is 0.133. The van der Waals surface area contributed by atoms with Crippen LogP contribution in [0.15, 0.2) is 48.5 Å². The van der Waals surface area contributed by atoms with Gasteiger partial charge in [-0.3, -0.25) is 4.79 Å². The molecule has 0 aliphatic heterocycles. The van der Waals surface area contributed by atoms with Crippen molar-refractivity contribution >= 4 is 17.3 Å². The second kappa shape index (κ2) is 5.91. The van der Waals surface area contributed by atoms with Crippen molar-refractivity contribution < 1.29 is 4.79 Å². The highest BCUT2D eigenvalue weighted by molar-refractivity contribution is 5.94. The van der Waals surface area contributed by atoms with Crippen LogP contribution in [0.4, 0.5) is 11.4 Å². The van der Waals surface area contributed by atoms with Crippen LogP contribution in [0.25, 0.3) is 0 Å². The zero-order chi connectivity index (χ0) is 13.7. The quantitative estimate of drug-likeness (QED) is 0.715. The average Bonchev–Trinajstić information content (AvgIpc) is 2.42. The number of hydrogen-bond donors (Lipinski definition) is 3. The van der Waals surface area contributed by atoms with Crippen LogP contribution in [0.2, 0.25) is 0 Å². The third kappa shape index (κ3) is 3.48. The van der Waals surface area contributed by atoms with E-state index in [4.69, 9.17) is 11.5 Å². The summed E-state index contributed by atoms with van der Waals surface area (Å²) in [6, 6.07) is 15.2. The molecule has 5 N–H and O–H groups in total. The molecule has 4 heteroatoms. The number of nitrogens with one attached hydrogen (secondary N) is 1. The molecule has 0 saturated heterocycles. The first kappa shape index (κ1) is 13.0. The largest absolute Gasteiger partial charge is 0.397 e. The predicted molar refractivity (Wildman–Crippen MR) is 78.0 cm³/mol. The van der Waals surface area contributed by atoms with E-state index < -0.39 is 5.91 Å². The molecule has 4 nitrogen and oxygen atoms in total. The maximum atomic E-state index is 11.1. The molecule has 0 radical (unpaired) electrons. The molecule has 0 saturated carbocycles. The molecule has 2 rings (SSSR count). The number of rotatable bonds is 5. The predicted octanol–water partition coefficient (Wildman–Crippen LogP) is 2.02. The molecule has 0 aliphatic rings. The molecule has 2 aromatic carbocycles. The molecule has 1 amide bonds. The third-order valence-electron chi connectivity index (χ3n) is 2.91. The van der Waals surface area contributed by atoms with Crippen molar-refractivity contribution in [2.45, 2.75) is 6.42 Å². The fourth-order valence-corrected chi connectivity index (χ4v) is 1.85. The van der Waals surface area contributed by atoms with Crippen molar-refractivity contribution in [3.8, 4) is 0 Å². The number of carbonyl (C=O) groups is 1. The smallest absolute Gasteiger partial charge is 0.248 e. The number of nitrogens with two attached hydrogens (primary N) is 2. The maximum Gasteiger partial charge on any atom is 0.248 e. The highest BCUT2D eigenvalue weighted by Gasteiger charge is 2.04. The summed E-state index contributed by atoms with van der Waals surface area (Å²) in [5.41, 5.74) is 14.2. The van der Waals surface area contributed by atoms with Gasteiger partial charge in [0.2, 0.25) is 5.91 Å². The Kier molecular flexibility index (Phi) is 4.03. The summed E-state index contributed by atoms with van der Waals surface area (Å²) < 4.78 is 0. The summed E-state index contributed by atoms with van der Waals surface area (Å²) in [7, 11) is 0. The number of amides is 1. The lowest BCUT2D eigenvalue weighted by Crippen LogP contribution is -2.13. The van der Waals surface area contributed by atoms with Gasteiger partial charge in [0, 0.05) is 12.1 Å². The molecule has 0 bridgehead atoms. The minimum Gasteiger partial charge on any atom is -0.397 e. The summed E-state index contributed by atoms with van der Waals surface area (Å²) in [5, 5.41) is 3.22. The minimum atomic E-state index is -0.453. The van der Waals surface area contributed by atoms with Crippen molar-refractivity contribution in [1.82, 2.24) is 0 Å². The lowest BCUT2D eigenvalue weighted by molar-refractivity contribution is 0.100. The second-order valence-electron chi connectivity index (χ2n) is 4.33. The number of hydrogen-bond acceptors (Lipinski definition) is 3. The van der Waals surface area contributed by atoms with Gasteiger partial charge in [0.1, 0.15) is 0 Å². The first-order valence-electron chi connectivity index (χ1n) is 6.14. The van der Waals surface area contributed by atoms with E-state index in [0.717, 1.165) is 18.7 Å². The van der Waals surface area contributed by atoms with E-state index >= 15 is 0 Å². The Labute approximate surface area is 112 Å². The Bertz CT molecular complexity index is 567. The van der Waals surface area contributed by atoms with Crippen molar-refractivity contribution in [3.05, 3.63) is 59.7 Å². The standard InChI is InChI=1S/C15H17N3O/c16-13-7-6-12(15(17)19)10-14(13)18-9-8-11-4-2-1-3-5-11/h1-7,10,18H,8-9,16H2,(H2,17,19). The Morgan fingerprint density at radius 2 is 1.84 bits per heavy atom. The Hall–Kier alpha value is -2.49. The van der Waals surface area contributed by atoms with Gasteiger partial charge in [0.15, 0.2) is 0 Å². The van der Waals surface area contributed by atoms with Crippen molar-refractivity contribution in [3.63, 3.8) is 0 Å². The lowest BCUT2D eigenvalue weighted by Gasteiger charge is -2.10. The summed E-state index contributed by atoms with van der Waals surface area (Å²) in [6.07, 6.45) is 0.890. The molecule has 19 heavy (non-hydrogen) atoms. The Morgan fingerprint density at radius 1 is 1.11 bits per heavy atom. The van der Waals surface area contributed by atoms with Crippen molar-refractivity contribution in [2.75, 3.05) is 17.6 Å². The molecule has 0 fully saturated rings. The topological polar surface area (TPSA) is 81.1 Å². The second-order valence-corrected chi connectivity index (χ2v) is 4.33. The minimum absolute atomic E-state index is 0.453. The van der Waals surface area contributed by atoms with Crippen LogP contribution in [-0.4, -0.2) is 12.5 Å². The monoisotopic (exact) mass is 255 g/mol. The summed E-state index contributed by atoms with van der Waals surface area (Å²) >= 11 is 0. The summed E-state index contributed by atoms with van der Waals surface area (Å²) in [5.74, 6) is -0.453. The van der Waals surface area contributed by atoms with E-state index in [1.54, 1.807) is 18.2 Å². The average molecular weight is 255 g/mol. The number of nitrogen functional groups attached to an aromatic ring is 1. The van der Waals surface area contributed by atoms with E-state index in [1.165, 1.54) is 5.56 Å². The maximum absolute atomic E-state index is 11.1. The SMILES string of the molecule is NC(=O)c1ccc(N)c(NCCc2ccccc2)c1. The first-order chi connectivity index (χ1) is 9.16. The molecule has 2 aromatic rings. The molecular weight excluding hydrogens is 238 g/mol. The summed E-state index contributed by atoms with van der Waals surface area (Å²) in [6.45, 7) is 0.746. The van der Waals surface area contributed by atoms with E-state index in [1.807, 2.05) is 18.2 Å². The molecule has 0 atom stereocenters. The van der Waals surface area contributed by atoms with Crippen LogP contribution in [0.5, 0.6) is 0 Å². The number of primary amides is 1. The van der Waals surface area contributed by atoms with Crippen LogP contribution in [0, 0.1) is 0 Å². The van der Waals surface area contributed by atoms with E-state index in [2.05, 4.69) is 17.4 Å². The van der Waals surface area contributed by atoms with Crippen LogP contribution < -0.4 is 16.8 Å². The highest BCUT2D eigenvalue weighted by Crippen LogP contribution is 2.19. The van der Waals surface area contributed by atoms with Gasteiger partial charge in [-0.1, -0.05) is 30.3 Å². The van der Waals surface area contributed by atoms with Gasteiger partial charge in [0.05, 0.1) is 11.4 Å². The highest BCUT2D eigenvalue weighted by atomic mass is 16.1. The zero-order valence-electron chi connectivity index (χ0n) is 10.6. The third-order valence-corrected chi connectivity index (χ3v) is 2.91. The lowest BCUT2D eigenvalue weighted by atomic mass is 10.1. The van der Waals surface area contributed by atoms with Crippen LogP contribution >= 0.6 is 0 Å². The number of anilines is 2. The number of carbonyl (C=O) groups excluding carboxylic acids is 1. The normalized spacial score (nSPS) is 10.1. The molecule has 0 unspecified atom stereocenters.